The monoisotopic (exact) mass is 424 g/mol. The van der Waals surface area contributed by atoms with E-state index in [2.05, 4.69) is 0 Å². The number of rotatable bonds is 6. The van der Waals surface area contributed by atoms with Gasteiger partial charge in [-0.05, 0) is 11.1 Å². The molecule has 2 heterocycles. The van der Waals surface area contributed by atoms with Gasteiger partial charge in [0, 0.05) is 25.7 Å². The van der Waals surface area contributed by atoms with Crippen LogP contribution in [0.4, 0.5) is 0 Å². The second-order valence-electron chi connectivity index (χ2n) is 9.40. The topological polar surface area (TPSA) is 35.5 Å². The van der Waals surface area contributed by atoms with Crippen molar-refractivity contribution in [2.45, 2.75) is 49.5 Å². The van der Waals surface area contributed by atoms with Crippen LogP contribution in [0, 0.1) is 5.41 Å². The third-order valence-corrected chi connectivity index (χ3v) is 8.58. The summed E-state index contributed by atoms with van der Waals surface area (Å²) in [6, 6.07) is 20.5. The predicted octanol–water partition coefficient (Wildman–Crippen LogP) is 4.21. The van der Waals surface area contributed by atoms with Crippen LogP contribution in [0.1, 0.15) is 36.8 Å². The van der Waals surface area contributed by atoms with Crippen LogP contribution in [0.25, 0.3) is 0 Å². The van der Waals surface area contributed by atoms with E-state index in [-0.39, 0.29) is 23.6 Å². The van der Waals surface area contributed by atoms with Gasteiger partial charge in [0.05, 0.1) is 13.1 Å². The molecular formula is C25H27ClNO3+. The molecule has 4 fully saturated rings. The molecule has 4 unspecified atom stereocenters. The summed E-state index contributed by atoms with van der Waals surface area (Å²) in [6.45, 7) is 2.65. The second kappa shape index (κ2) is 6.56. The first-order valence-electron chi connectivity index (χ1n) is 11.1. The van der Waals surface area contributed by atoms with Gasteiger partial charge in [-0.15, -0.1) is 0 Å². The van der Waals surface area contributed by atoms with Crippen molar-refractivity contribution in [2.75, 3.05) is 19.2 Å². The molecule has 5 heteroatoms. The lowest BCUT2D eigenvalue weighted by Gasteiger charge is -2.63. The van der Waals surface area contributed by atoms with E-state index in [1.165, 1.54) is 36.8 Å². The molecule has 30 heavy (non-hydrogen) atoms. The van der Waals surface area contributed by atoms with Crippen molar-refractivity contribution in [1.82, 2.24) is 0 Å². The van der Waals surface area contributed by atoms with Gasteiger partial charge >= 0.3 is 5.97 Å². The number of carbonyl (C=O) groups excluding carboxylic acids is 1. The highest BCUT2D eigenvalue weighted by Crippen LogP contribution is 2.78. The van der Waals surface area contributed by atoms with Crippen molar-refractivity contribution in [3.63, 3.8) is 0 Å². The van der Waals surface area contributed by atoms with E-state index >= 15 is 0 Å². The van der Waals surface area contributed by atoms with Gasteiger partial charge < -0.3 is 14.0 Å². The fraction of sp³-hybridized carbons (Fsp3) is 0.480. The molecule has 6 rings (SSSR count). The number of piperidine rings is 1. The first kappa shape index (κ1) is 18.9. The number of nitrogens with zero attached hydrogens (tertiary/aromatic N) is 1. The van der Waals surface area contributed by atoms with Gasteiger partial charge in [0.25, 0.3) is 0 Å². The number of fused-ring (bicyclic) bond motifs is 2. The molecule has 2 spiro atoms. The number of hydrogen-bond acceptors (Lipinski definition) is 3. The van der Waals surface area contributed by atoms with Crippen LogP contribution in [0.2, 0.25) is 0 Å². The van der Waals surface area contributed by atoms with Crippen molar-refractivity contribution in [2.24, 2.45) is 5.41 Å². The number of halogens is 1. The van der Waals surface area contributed by atoms with Crippen molar-refractivity contribution >= 4 is 17.6 Å². The number of quaternary nitrogens is 1. The quantitative estimate of drug-likeness (QED) is 0.396. The van der Waals surface area contributed by atoms with E-state index in [0.29, 0.717) is 12.1 Å². The zero-order valence-electron chi connectivity index (χ0n) is 17.0. The molecule has 4 nitrogen and oxygen atoms in total. The van der Waals surface area contributed by atoms with Crippen LogP contribution in [0.5, 0.6) is 0 Å². The molecule has 0 aromatic heterocycles. The van der Waals surface area contributed by atoms with E-state index in [0.717, 1.165) is 17.5 Å². The maximum atomic E-state index is 13.8. The van der Waals surface area contributed by atoms with Gasteiger partial charge in [0.1, 0.15) is 29.7 Å². The van der Waals surface area contributed by atoms with Gasteiger partial charge in [-0.1, -0.05) is 72.3 Å². The molecule has 2 aliphatic heterocycles. The molecule has 2 aromatic carbocycles. The number of hydrogen-bond donors (Lipinski definition) is 0. The molecule has 2 aromatic rings. The number of alkyl halides is 1. The number of ether oxygens (including phenoxy) is 2. The summed E-state index contributed by atoms with van der Waals surface area (Å²) in [5.74, 6) is -0.344. The molecule has 2 saturated carbocycles. The minimum absolute atomic E-state index is 0.00933. The van der Waals surface area contributed by atoms with E-state index in [1.807, 2.05) is 60.7 Å². The first-order valence-corrected chi connectivity index (χ1v) is 11.6. The lowest BCUT2D eigenvalue weighted by Crippen LogP contribution is -2.79. The Labute approximate surface area is 182 Å². The van der Waals surface area contributed by atoms with Gasteiger partial charge in [-0.3, -0.25) is 0 Å². The summed E-state index contributed by atoms with van der Waals surface area (Å²) in [7, 11) is 0. The van der Waals surface area contributed by atoms with Gasteiger partial charge in [0.15, 0.2) is 0 Å². The van der Waals surface area contributed by atoms with E-state index in [1.54, 1.807) is 0 Å². The van der Waals surface area contributed by atoms with Crippen LogP contribution in [-0.2, 0) is 19.9 Å². The second-order valence-corrected chi connectivity index (χ2v) is 9.62. The van der Waals surface area contributed by atoms with Crippen molar-refractivity contribution in [3.05, 3.63) is 71.8 Å². The van der Waals surface area contributed by atoms with Crippen molar-refractivity contribution < 1.29 is 18.8 Å². The Morgan fingerprint density at radius 1 is 1.00 bits per heavy atom. The Hall–Kier alpha value is -1.88. The van der Waals surface area contributed by atoms with E-state index in [4.69, 9.17) is 21.1 Å². The fourth-order valence-corrected chi connectivity index (χ4v) is 7.30. The number of carbonyl (C=O) groups is 1. The van der Waals surface area contributed by atoms with Crippen LogP contribution in [0.3, 0.4) is 0 Å². The molecule has 2 saturated heterocycles. The van der Waals surface area contributed by atoms with Crippen molar-refractivity contribution in [1.29, 1.82) is 0 Å². The first-order chi connectivity index (χ1) is 14.7. The maximum absolute atomic E-state index is 13.8. The summed E-state index contributed by atoms with van der Waals surface area (Å²) >= 11 is 6.06. The molecular weight excluding hydrogens is 398 g/mol. The Morgan fingerprint density at radius 2 is 1.60 bits per heavy atom. The van der Waals surface area contributed by atoms with Gasteiger partial charge in [-0.2, -0.15) is 0 Å². The molecule has 156 valence electrons. The summed E-state index contributed by atoms with van der Waals surface area (Å²) < 4.78 is 13.6. The average molecular weight is 425 g/mol. The number of benzene rings is 2. The predicted molar refractivity (Wildman–Crippen MR) is 114 cm³/mol. The highest BCUT2D eigenvalue weighted by Gasteiger charge is 2.93. The highest BCUT2D eigenvalue weighted by molar-refractivity contribution is 6.17. The third kappa shape index (κ3) is 2.22. The maximum Gasteiger partial charge on any atom is 0.348 e. The van der Waals surface area contributed by atoms with Gasteiger partial charge in [-0.25, -0.2) is 4.79 Å². The molecule has 0 bridgehead atoms. The largest absolute Gasteiger partial charge is 0.458 e. The van der Waals surface area contributed by atoms with Crippen LogP contribution in [0.15, 0.2) is 60.7 Å². The summed E-state index contributed by atoms with van der Waals surface area (Å²) in [6.07, 6.45) is 4.91. The zero-order chi connectivity index (χ0) is 20.4. The normalized spacial score (nSPS) is 32.5. The lowest BCUT2D eigenvalue weighted by atomic mass is 9.64. The molecule has 4 aliphatic rings. The Bertz CT molecular complexity index is 919. The minimum atomic E-state index is -1.35. The molecule has 2 aliphatic carbocycles. The Balaban J connectivity index is 1.31. The summed E-state index contributed by atoms with van der Waals surface area (Å²) in [5, 5.41) is 0. The standard InChI is InChI=1S/C25H27ClNO3/c26-17-29-25(18-9-3-1-4-10-18,19-11-5-2-6-12-19)23(28)30-22-15-20-24(22)16-21(24)27(20)13-7-8-14-27/h1-6,9-12,20-22H,7-8,13-17H2/q+1. The van der Waals surface area contributed by atoms with Crippen LogP contribution < -0.4 is 0 Å². The van der Waals surface area contributed by atoms with Gasteiger partial charge in [0.2, 0.25) is 5.60 Å². The molecule has 0 amide bonds. The average Bonchev–Trinajstić information content (AvgIpc) is 3.37. The van der Waals surface area contributed by atoms with E-state index < -0.39 is 5.60 Å². The molecule has 4 atom stereocenters. The Kier molecular flexibility index (Phi) is 4.12. The van der Waals surface area contributed by atoms with Crippen molar-refractivity contribution in [3.8, 4) is 0 Å². The lowest BCUT2D eigenvalue weighted by molar-refractivity contribution is -1.01. The SMILES string of the molecule is O=C(OC1CC2C13CC3[N+]21CCCC1)C(OCCl)(c1ccccc1)c1ccccc1. The Morgan fingerprint density at radius 3 is 2.13 bits per heavy atom. The fourth-order valence-electron chi connectivity index (χ4n) is 7.13. The smallest absolute Gasteiger partial charge is 0.348 e. The van der Waals surface area contributed by atoms with Crippen LogP contribution in [-0.4, -0.2) is 47.8 Å². The summed E-state index contributed by atoms with van der Waals surface area (Å²) in [5.41, 5.74) is 0.401. The van der Waals surface area contributed by atoms with E-state index in [9.17, 15) is 4.79 Å². The summed E-state index contributed by atoms with van der Waals surface area (Å²) in [4.78, 5) is 13.8. The third-order valence-electron chi connectivity index (χ3n) is 8.47. The molecule has 0 N–H and O–H groups in total. The van der Waals surface area contributed by atoms with Crippen LogP contribution >= 0.6 is 11.6 Å². The highest BCUT2D eigenvalue weighted by atomic mass is 35.5. The number of esters is 1. The zero-order valence-corrected chi connectivity index (χ0v) is 17.8. The minimum Gasteiger partial charge on any atom is -0.458 e. The molecule has 0 radical (unpaired) electrons.